The minimum Gasteiger partial charge on any atom is -0.363 e. The van der Waals surface area contributed by atoms with Crippen molar-refractivity contribution in [2.75, 3.05) is 26.2 Å². The van der Waals surface area contributed by atoms with Crippen LogP contribution in [-0.4, -0.2) is 32.5 Å². The third-order valence-electron chi connectivity index (χ3n) is 2.75. The van der Waals surface area contributed by atoms with E-state index >= 15 is 0 Å². The fourth-order valence-corrected chi connectivity index (χ4v) is 1.94. The van der Waals surface area contributed by atoms with Gasteiger partial charge >= 0.3 is 0 Å². The molecule has 0 aromatic carbocycles. The molecule has 2 aliphatic heterocycles. The van der Waals surface area contributed by atoms with Crippen molar-refractivity contribution in [1.82, 2.24) is 10.6 Å². The Morgan fingerprint density at radius 1 is 1.31 bits per heavy atom. The van der Waals surface area contributed by atoms with Gasteiger partial charge in [0.15, 0.2) is 0 Å². The highest BCUT2D eigenvalue weighted by molar-refractivity contribution is 5.85. The van der Waals surface area contributed by atoms with E-state index in [0.717, 1.165) is 26.2 Å². The summed E-state index contributed by atoms with van der Waals surface area (Å²) >= 11 is 0. The molecule has 2 heterocycles. The van der Waals surface area contributed by atoms with Crippen LogP contribution in [0.3, 0.4) is 0 Å². The minimum absolute atomic E-state index is 0. The van der Waals surface area contributed by atoms with Gasteiger partial charge in [0.25, 0.3) is 0 Å². The second-order valence-electron chi connectivity index (χ2n) is 4.02. The van der Waals surface area contributed by atoms with Gasteiger partial charge in [0.05, 0.1) is 6.61 Å². The maximum Gasteiger partial charge on any atom is 0.112 e. The Labute approximate surface area is 86.0 Å². The van der Waals surface area contributed by atoms with Crippen molar-refractivity contribution >= 4 is 12.4 Å². The average Bonchev–Trinajstić information content (AvgIpc) is 2.58. The number of hydrogen-bond donors (Lipinski definition) is 2. The standard InChI is InChI=1S/C9H18N2O.ClH/c1-7-4-11-9(12-6-7)8-2-3-10-5-8;/h7-11H,2-6H2,1H3;1H. The molecule has 78 valence electrons. The molecular weight excluding hydrogens is 188 g/mol. The first kappa shape index (κ1) is 11.2. The fraction of sp³-hybridized carbons (Fsp3) is 1.00. The lowest BCUT2D eigenvalue weighted by atomic mass is 10.0. The van der Waals surface area contributed by atoms with Gasteiger partial charge in [0.2, 0.25) is 0 Å². The molecule has 13 heavy (non-hydrogen) atoms. The highest BCUT2D eigenvalue weighted by Crippen LogP contribution is 2.17. The molecule has 3 unspecified atom stereocenters. The van der Waals surface area contributed by atoms with Crippen LogP contribution < -0.4 is 10.6 Å². The summed E-state index contributed by atoms with van der Waals surface area (Å²) in [7, 11) is 0. The van der Waals surface area contributed by atoms with Gasteiger partial charge in [0, 0.05) is 19.0 Å². The van der Waals surface area contributed by atoms with Crippen molar-refractivity contribution < 1.29 is 4.74 Å². The summed E-state index contributed by atoms with van der Waals surface area (Å²) < 4.78 is 5.72. The minimum atomic E-state index is 0. The first-order chi connectivity index (χ1) is 5.86. The highest BCUT2D eigenvalue weighted by Gasteiger charge is 2.28. The van der Waals surface area contributed by atoms with Crippen molar-refractivity contribution in [2.45, 2.75) is 19.6 Å². The number of hydrogen-bond acceptors (Lipinski definition) is 3. The summed E-state index contributed by atoms with van der Waals surface area (Å²) in [6.07, 6.45) is 1.57. The lowest BCUT2D eigenvalue weighted by molar-refractivity contribution is -0.0519. The van der Waals surface area contributed by atoms with Gasteiger partial charge in [-0.05, 0) is 18.9 Å². The Kier molecular flexibility index (Phi) is 4.46. The summed E-state index contributed by atoms with van der Waals surface area (Å²) in [6, 6.07) is 0. The van der Waals surface area contributed by atoms with Crippen LogP contribution in [0.1, 0.15) is 13.3 Å². The summed E-state index contributed by atoms with van der Waals surface area (Å²) in [5.41, 5.74) is 0. The first-order valence-electron chi connectivity index (χ1n) is 4.92. The van der Waals surface area contributed by atoms with Gasteiger partial charge < -0.3 is 10.1 Å². The predicted molar refractivity (Wildman–Crippen MR) is 55.1 cm³/mol. The number of rotatable bonds is 1. The molecule has 2 fully saturated rings. The Morgan fingerprint density at radius 3 is 2.69 bits per heavy atom. The molecule has 4 heteroatoms. The highest BCUT2D eigenvalue weighted by atomic mass is 35.5. The first-order valence-corrected chi connectivity index (χ1v) is 4.92. The van der Waals surface area contributed by atoms with Gasteiger partial charge in [-0.15, -0.1) is 12.4 Å². The lowest BCUT2D eigenvalue weighted by Gasteiger charge is -2.31. The van der Waals surface area contributed by atoms with Gasteiger partial charge in [-0.25, -0.2) is 0 Å². The Balaban J connectivity index is 0.000000845. The smallest absolute Gasteiger partial charge is 0.112 e. The monoisotopic (exact) mass is 206 g/mol. The largest absolute Gasteiger partial charge is 0.363 e. The number of nitrogens with one attached hydrogen (secondary N) is 2. The molecule has 0 bridgehead atoms. The second kappa shape index (κ2) is 5.15. The van der Waals surface area contributed by atoms with E-state index in [1.807, 2.05) is 0 Å². The molecule has 0 aromatic rings. The van der Waals surface area contributed by atoms with Gasteiger partial charge in [-0.2, -0.15) is 0 Å². The third kappa shape index (κ3) is 2.81. The van der Waals surface area contributed by atoms with E-state index in [4.69, 9.17) is 4.74 Å². The van der Waals surface area contributed by atoms with Crippen molar-refractivity contribution in [3.05, 3.63) is 0 Å². The Morgan fingerprint density at radius 2 is 2.15 bits per heavy atom. The van der Waals surface area contributed by atoms with Crippen LogP contribution in [-0.2, 0) is 4.74 Å². The molecule has 3 nitrogen and oxygen atoms in total. The third-order valence-corrected chi connectivity index (χ3v) is 2.75. The Hall–Kier alpha value is 0.170. The fourth-order valence-electron chi connectivity index (χ4n) is 1.94. The van der Waals surface area contributed by atoms with E-state index < -0.39 is 0 Å². The van der Waals surface area contributed by atoms with E-state index in [-0.39, 0.29) is 12.4 Å². The van der Waals surface area contributed by atoms with Gasteiger partial charge in [-0.3, -0.25) is 5.32 Å². The molecule has 0 saturated carbocycles. The molecule has 0 amide bonds. The van der Waals surface area contributed by atoms with Crippen LogP contribution in [0.4, 0.5) is 0 Å². The predicted octanol–water partition coefficient (Wildman–Crippen LogP) is 0.600. The van der Waals surface area contributed by atoms with Crippen molar-refractivity contribution in [1.29, 1.82) is 0 Å². The second-order valence-corrected chi connectivity index (χ2v) is 4.02. The van der Waals surface area contributed by atoms with Crippen LogP contribution in [0.5, 0.6) is 0 Å². The van der Waals surface area contributed by atoms with Crippen LogP contribution in [0.2, 0.25) is 0 Å². The van der Waals surface area contributed by atoms with E-state index in [2.05, 4.69) is 17.6 Å². The molecular formula is C9H19ClN2O. The van der Waals surface area contributed by atoms with E-state index in [0.29, 0.717) is 18.1 Å². The van der Waals surface area contributed by atoms with Crippen LogP contribution in [0.25, 0.3) is 0 Å². The van der Waals surface area contributed by atoms with Crippen molar-refractivity contribution in [3.8, 4) is 0 Å². The van der Waals surface area contributed by atoms with Gasteiger partial charge in [-0.1, -0.05) is 6.92 Å². The maximum absolute atomic E-state index is 5.72. The zero-order valence-electron chi connectivity index (χ0n) is 8.08. The molecule has 2 saturated heterocycles. The quantitative estimate of drug-likeness (QED) is 0.660. The zero-order chi connectivity index (χ0) is 8.39. The summed E-state index contributed by atoms with van der Waals surface area (Å²) in [4.78, 5) is 0. The molecule has 2 rings (SSSR count). The van der Waals surface area contributed by atoms with Crippen LogP contribution in [0, 0.1) is 11.8 Å². The van der Waals surface area contributed by atoms with Gasteiger partial charge in [0.1, 0.15) is 6.23 Å². The van der Waals surface area contributed by atoms with E-state index in [9.17, 15) is 0 Å². The van der Waals surface area contributed by atoms with Crippen molar-refractivity contribution in [3.63, 3.8) is 0 Å². The normalized spacial score (nSPS) is 39.9. The SMILES string of the molecule is CC1CNC(C2CCNC2)OC1.Cl. The molecule has 2 aliphatic rings. The Bertz CT molecular complexity index is 143. The van der Waals surface area contributed by atoms with E-state index in [1.165, 1.54) is 6.42 Å². The maximum atomic E-state index is 5.72. The number of ether oxygens (including phenoxy) is 1. The molecule has 0 aromatic heterocycles. The average molecular weight is 207 g/mol. The molecule has 0 radical (unpaired) electrons. The molecule has 0 aliphatic carbocycles. The molecule has 2 N–H and O–H groups in total. The topological polar surface area (TPSA) is 33.3 Å². The summed E-state index contributed by atoms with van der Waals surface area (Å²) in [6.45, 7) is 6.53. The molecule has 3 atom stereocenters. The number of halogens is 1. The van der Waals surface area contributed by atoms with E-state index in [1.54, 1.807) is 0 Å². The summed E-state index contributed by atoms with van der Waals surface area (Å²) in [5.74, 6) is 1.37. The van der Waals surface area contributed by atoms with Crippen molar-refractivity contribution in [2.24, 2.45) is 11.8 Å². The zero-order valence-corrected chi connectivity index (χ0v) is 8.90. The summed E-state index contributed by atoms with van der Waals surface area (Å²) in [5, 5.41) is 6.81. The molecule has 0 spiro atoms. The van der Waals surface area contributed by atoms with Crippen LogP contribution in [0.15, 0.2) is 0 Å². The lowest BCUT2D eigenvalue weighted by Crippen LogP contribution is -2.47. The van der Waals surface area contributed by atoms with Crippen LogP contribution >= 0.6 is 12.4 Å².